The molecule has 0 saturated heterocycles. The predicted octanol–water partition coefficient (Wildman–Crippen LogP) is 3.67. The molecule has 2 aromatic carbocycles. The first-order valence-corrected chi connectivity index (χ1v) is 6.89. The van der Waals surface area contributed by atoms with Gasteiger partial charge in [0.2, 0.25) is 5.82 Å². The summed E-state index contributed by atoms with van der Waals surface area (Å²) < 4.78 is 5.95. The van der Waals surface area contributed by atoms with Gasteiger partial charge in [0.05, 0.1) is 0 Å². The van der Waals surface area contributed by atoms with E-state index in [9.17, 15) is 0 Å². The van der Waals surface area contributed by atoms with Crippen LogP contribution in [-0.4, -0.2) is 20.6 Å². The van der Waals surface area contributed by atoms with Crippen LogP contribution in [0.25, 0.3) is 0 Å². The topological polar surface area (TPSA) is 63.7 Å². The van der Waals surface area contributed by atoms with E-state index in [0.29, 0.717) is 21.6 Å². The first-order valence-electron chi connectivity index (χ1n) is 6.13. The third-order valence-electron chi connectivity index (χ3n) is 2.84. The first kappa shape index (κ1) is 13.9. The number of benzene rings is 2. The van der Waals surface area contributed by atoms with Crippen molar-refractivity contribution in [3.63, 3.8) is 0 Å². The Balaban J connectivity index is 1.93. The Bertz CT molecular complexity index is 699. The Morgan fingerprint density at radius 2 is 1.52 bits per heavy atom. The Hall–Kier alpha value is -2.11. The highest BCUT2D eigenvalue weighted by molar-refractivity contribution is 6.30. The summed E-state index contributed by atoms with van der Waals surface area (Å²) in [5, 5.41) is 15.3. The van der Waals surface area contributed by atoms with E-state index in [1.807, 2.05) is 12.1 Å². The highest BCUT2D eigenvalue weighted by Gasteiger charge is 2.20. The van der Waals surface area contributed by atoms with Crippen LogP contribution in [0.3, 0.4) is 0 Å². The second-order valence-corrected chi connectivity index (χ2v) is 5.15. The van der Waals surface area contributed by atoms with E-state index in [1.165, 1.54) is 0 Å². The normalized spacial score (nSPS) is 12.1. The van der Waals surface area contributed by atoms with Crippen molar-refractivity contribution in [3.8, 4) is 5.75 Å². The zero-order valence-corrected chi connectivity index (χ0v) is 12.2. The van der Waals surface area contributed by atoms with E-state index < -0.39 is 6.10 Å². The fraction of sp³-hybridized carbons (Fsp3) is 0.0714. The number of hydrogen-bond donors (Lipinski definition) is 1. The summed E-state index contributed by atoms with van der Waals surface area (Å²) in [5.41, 5.74) is 0.871. The molecule has 0 bridgehead atoms. The lowest BCUT2D eigenvalue weighted by atomic mass is 10.1. The minimum atomic E-state index is -0.484. The molecule has 0 amide bonds. The summed E-state index contributed by atoms with van der Waals surface area (Å²) >= 11 is 11.8. The van der Waals surface area contributed by atoms with E-state index in [2.05, 4.69) is 20.6 Å². The summed E-state index contributed by atoms with van der Waals surface area (Å²) in [6.07, 6.45) is -0.484. The van der Waals surface area contributed by atoms with Crippen molar-refractivity contribution < 1.29 is 4.74 Å². The fourth-order valence-electron chi connectivity index (χ4n) is 1.84. The third-order valence-corrected chi connectivity index (χ3v) is 3.34. The van der Waals surface area contributed by atoms with Crippen molar-refractivity contribution in [1.29, 1.82) is 0 Å². The minimum absolute atomic E-state index is 0.437. The van der Waals surface area contributed by atoms with E-state index in [-0.39, 0.29) is 0 Å². The van der Waals surface area contributed by atoms with E-state index in [0.717, 1.165) is 5.56 Å². The Morgan fingerprint density at radius 3 is 2.10 bits per heavy atom. The number of aromatic amines is 1. The monoisotopic (exact) mass is 320 g/mol. The van der Waals surface area contributed by atoms with Crippen LogP contribution >= 0.6 is 23.2 Å². The summed E-state index contributed by atoms with van der Waals surface area (Å²) in [6.45, 7) is 0. The van der Waals surface area contributed by atoms with Gasteiger partial charge in [-0.15, -0.1) is 10.2 Å². The molecule has 21 heavy (non-hydrogen) atoms. The molecule has 0 aliphatic heterocycles. The van der Waals surface area contributed by atoms with E-state index in [4.69, 9.17) is 27.9 Å². The van der Waals surface area contributed by atoms with Crippen LogP contribution in [0.4, 0.5) is 0 Å². The molecule has 106 valence electrons. The minimum Gasteiger partial charge on any atom is -0.478 e. The standard InChI is InChI=1S/C14H10Cl2N4O/c15-10-3-1-9(2-4-10)13(14-17-19-20-18-14)21-12-7-5-11(16)6-8-12/h1-8,13H,(H,17,18,19,20)/t13-/m0/s1. The Labute approximate surface area is 130 Å². The average molecular weight is 321 g/mol. The van der Waals surface area contributed by atoms with Crippen molar-refractivity contribution in [1.82, 2.24) is 20.6 Å². The number of ether oxygens (including phenoxy) is 1. The van der Waals surface area contributed by atoms with Crippen molar-refractivity contribution in [3.05, 3.63) is 70.0 Å². The van der Waals surface area contributed by atoms with Crippen molar-refractivity contribution >= 4 is 23.2 Å². The second kappa shape index (κ2) is 6.11. The number of H-pyrrole nitrogens is 1. The molecule has 1 N–H and O–H groups in total. The van der Waals surface area contributed by atoms with Crippen LogP contribution in [0.15, 0.2) is 48.5 Å². The van der Waals surface area contributed by atoms with Gasteiger partial charge < -0.3 is 4.74 Å². The summed E-state index contributed by atoms with van der Waals surface area (Å²) in [6, 6.07) is 14.4. The molecular formula is C14H10Cl2N4O. The largest absolute Gasteiger partial charge is 0.478 e. The molecule has 0 radical (unpaired) electrons. The number of nitrogens with one attached hydrogen (secondary N) is 1. The van der Waals surface area contributed by atoms with Crippen LogP contribution in [0.5, 0.6) is 5.75 Å². The zero-order chi connectivity index (χ0) is 14.7. The average Bonchev–Trinajstić information content (AvgIpc) is 3.02. The number of halogens is 2. The molecule has 0 spiro atoms. The molecule has 0 fully saturated rings. The SMILES string of the molecule is Clc1ccc(O[C@@H](c2ccc(Cl)cc2)c2nn[nH]n2)cc1. The number of rotatable bonds is 4. The highest BCUT2D eigenvalue weighted by Crippen LogP contribution is 2.27. The van der Waals surface area contributed by atoms with Crippen LogP contribution in [0.1, 0.15) is 17.5 Å². The van der Waals surface area contributed by atoms with Crippen molar-refractivity contribution in [2.24, 2.45) is 0 Å². The summed E-state index contributed by atoms with van der Waals surface area (Å²) in [5.74, 6) is 1.09. The molecule has 7 heteroatoms. The maximum absolute atomic E-state index is 5.95. The van der Waals surface area contributed by atoms with Gasteiger partial charge in [-0.1, -0.05) is 40.5 Å². The lowest BCUT2D eigenvalue weighted by Crippen LogP contribution is -2.11. The van der Waals surface area contributed by atoms with Gasteiger partial charge in [-0.05, 0) is 36.4 Å². The maximum Gasteiger partial charge on any atom is 0.219 e. The predicted molar refractivity (Wildman–Crippen MR) is 79.6 cm³/mol. The van der Waals surface area contributed by atoms with Crippen LogP contribution in [-0.2, 0) is 0 Å². The highest BCUT2D eigenvalue weighted by atomic mass is 35.5. The molecule has 3 aromatic rings. The van der Waals surface area contributed by atoms with E-state index in [1.54, 1.807) is 36.4 Å². The molecule has 1 atom stereocenters. The zero-order valence-electron chi connectivity index (χ0n) is 10.7. The van der Waals surface area contributed by atoms with Gasteiger partial charge in [-0.25, -0.2) is 0 Å². The third kappa shape index (κ3) is 3.32. The molecule has 0 saturated carbocycles. The molecule has 0 unspecified atom stereocenters. The lowest BCUT2D eigenvalue weighted by Gasteiger charge is -2.16. The van der Waals surface area contributed by atoms with Crippen molar-refractivity contribution in [2.75, 3.05) is 0 Å². The maximum atomic E-state index is 5.95. The van der Waals surface area contributed by atoms with Gasteiger partial charge in [-0.2, -0.15) is 5.21 Å². The summed E-state index contributed by atoms with van der Waals surface area (Å²) in [7, 11) is 0. The lowest BCUT2D eigenvalue weighted by molar-refractivity contribution is 0.237. The van der Waals surface area contributed by atoms with Crippen LogP contribution in [0.2, 0.25) is 10.0 Å². The molecule has 0 aliphatic rings. The molecule has 3 rings (SSSR count). The molecule has 0 aliphatic carbocycles. The molecular weight excluding hydrogens is 311 g/mol. The molecule has 1 heterocycles. The number of aromatic nitrogens is 4. The quantitative estimate of drug-likeness (QED) is 0.796. The van der Waals surface area contributed by atoms with Gasteiger partial charge in [0.15, 0.2) is 6.10 Å². The molecule has 1 aromatic heterocycles. The Kier molecular flexibility index (Phi) is 4.03. The Morgan fingerprint density at radius 1 is 0.905 bits per heavy atom. The van der Waals surface area contributed by atoms with Crippen LogP contribution < -0.4 is 4.74 Å². The van der Waals surface area contributed by atoms with Crippen LogP contribution in [0, 0.1) is 0 Å². The molecule has 5 nitrogen and oxygen atoms in total. The van der Waals surface area contributed by atoms with Gasteiger partial charge >= 0.3 is 0 Å². The number of nitrogens with zero attached hydrogens (tertiary/aromatic N) is 3. The van der Waals surface area contributed by atoms with Gasteiger partial charge in [0.1, 0.15) is 5.75 Å². The van der Waals surface area contributed by atoms with Gasteiger partial charge in [0, 0.05) is 15.6 Å². The number of tetrazole rings is 1. The smallest absolute Gasteiger partial charge is 0.219 e. The van der Waals surface area contributed by atoms with Gasteiger partial charge in [0.25, 0.3) is 0 Å². The van der Waals surface area contributed by atoms with Gasteiger partial charge in [-0.3, -0.25) is 0 Å². The fourth-order valence-corrected chi connectivity index (χ4v) is 2.09. The van der Waals surface area contributed by atoms with Crippen molar-refractivity contribution in [2.45, 2.75) is 6.10 Å². The number of hydrogen-bond acceptors (Lipinski definition) is 4. The summed E-state index contributed by atoms with van der Waals surface area (Å²) in [4.78, 5) is 0. The van der Waals surface area contributed by atoms with E-state index >= 15 is 0 Å². The first-order chi connectivity index (χ1) is 10.2. The second-order valence-electron chi connectivity index (χ2n) is 4.27.